The van der Waals surface area contributed by atoms with Gasteiger partial charge < -0.3 is 9.84 Å². The molecule has 0 bridgehead atoms. The summed E-state index contributed by atoms with van der Waals surface area (Å²) in [6.07, 6.45) is 1.75. The maximum Gasteiger partial charge on any atom is 0.118 e. The highest BCUT2D eigenvalue weighted by molar-refractivity contribution is 5.78. The van der Waals surface area contributed by atoms with Crippen LogP contribution < -0.4 is 4.74 Å². The van der Waals surface area contributed by atoms with Crippen molar-refractivity contribution in [3.05, 3.63) is 71.9 Å². The number of hydrogen-bond donors (Lipinski definition) is 1. The van der Waals surface area contributed by atoms with Crippen LogP contribution >= 0.6 is 0 Å². The molecule has 1 unspecified atom stereocenters. The fraction of sp³-hybridized carbons (Fsp3) is 0.167. The Balaban J connectivity index is 1.80. The zero-order valence-corrected chi connectivity index (χ0v) is 11.9. The number of para-hydroxylation sites is 1. The highest BCUT2D eigenvalue weighted by atomic mass is 16.5. The summed E-state index contributed by atoms with van der Waals surface area (Å²) in [6.45, 7) is 0. The van der Waals surface area contributed by atoms with Crippen molar-refractivity contribution in [2.45, 2.75) is 12.5 Å². The summed E-state index contributed by atoms with van der Waals surface area (Å²) in [4.78, 5) is 4.39. The average Bonchev–Trinajstić information content (AvgIpc) is 2.55. The first kappa shape index (κ1) is 13.6. The molecule has 1 aromatic heterocycles. The average molecular weight is 279 g/mol. The maximum absolute atomic E-state index is 10.4. The van der Waals surface area contributed by atoms with E-state index in [9.17, 15) is 5.11 Å². The van der Waals surface area contributed by atoms with Gasteiger partial charge >= 0.3 is 0 Å². The van der Waals surface area contributed by atoms with Gasteiger partial charge in [-0.2, -0.15) is 0 Å². The molecule has 1 atom stereocenters. The van der Waals surface area contributed by atoms with Crippen molar-refractivity contribution in [1.82, 2.24) is 4.98 Å². The molecule has 1 N–H and O–H groups in total. The van der Waals surface area contributed by atoms with Gasteiger partial charge in [-0.05, 0) is 35.4 Å². The molecule has 0 aliphatic rings. The van der Waals surface area contributed by atoms with E-state index in [1.807, 2.05) is 54.6 Å². The predicted octanol–water partition coefficient (Wildman–Crippen LogP) is 3.52. The fourth-order valence-corrected chi connectivity index (χ4v) is 2.37. The molecule has 0 saturated carbocycles. The van der Waals surface area contributed by atoms with Gasteiger partial charge in [-0.3, -0.25) is 4.98 Å². The second-order valence-electron chi connectivity index (χ2n) is 5.03. The molecule has 3 aromatic rings. The topological polar surface area (TPSA) is 42.4 Å². The summed E-state index contributed by atoms with van der Waals surface area (Å²) in [5.41, 5.74) is 2.85. The number of rotatable bonds is 4. The summed E-state index contributed by atoms with van der Waals surface area (Å²) in [5.74, 6) is 0.820. The number of ether oxygens (including phenoxy) is 1. The molecule has 0 saturated heterocycles. The number of benzene rings is 2. The molecule has 0 radical (unpaired) electrons. The van der Waals surface area contributed by atoms with Crippen LogP contribution in [0.5, 0.6) is 5.75 Å². The number of aliphatic hydroxyl groups excluding tert-OH is 1. The highest BCUT2D eigenvalue weighted by Gasteiger charge is 2.10. The van der Waals surface area contributed by atoms with Crippen molar-refractivity contribution >= 4 is 10.9 Å². The Morgan fingerprint density at radius 3 is 2.62 bits per heavy atom. The molecule has 0 amide bonds. The lowest BCUT2D eigenvalue weighted by atomic mass is 10.0. The van der Waals surface area contributed by atoms with Crippen LogP contribution in [-0.4, -0.2) is 17.2 Å². The van der Waals surface area contributed by atoms with Crippen LogP contribution in [0.25, 0.3) is 10.9 Å². The van der Waals surface area contributed by atoms with Gasteiger partial charge in [-0.1, -0.05) is 30.3 Å². The van der Waals surface area contributed by atoms with Gasteiger partial charge in [0.2, 0.25) is 0 Å². The van der Waals surface area contributed by atoms with Gasteiger partial charge in [0.15, 0.2) is 0 Å². The van der Waals surface area contributed by atoms with Crippen molar-refractivity contribution in [2.75, 3.05) is 7.11 Å². The summed E-state index contributed by atoms with van der Waals surface area (Å²) >= 11 is 0. The second-order valence-corrected chi connectivity index (χ2v) is 5.03. The number of aromatic nitrogens is 1. The minimum Gasteiger partial charge on any atom is -0.497 e. The monoisotopic (exact) mass is 279 g/mol. The van der Waals surface area contributed by atoms with Crippen LogP contribution in [0.2, 0.25) is 0 Å². The quantitative estimate of drug-likeness (QED) is 0.794. The van der Waals surface area contributed by atoms with Gasteiger partial charge in [0.1, 0.15) is 5.75 Å². The van der Waals surface area contributed by atoms with E-state index in [2.05, 4.69) is 4.98 Å². The summed E-state index contributed by atoms with van der Waals surface area (Å²) in [6, 6.07) is 17.7. The maximum atomic E-state index is 10.4. The van der Waals surface area contributed by atoms with Crippen LogP contribution in [-0.2, 0) is 6.42 Å². The first-order valence-corrected chi connectivity index (χ1v) is 6.92. The zero-order valence-electron chi connectivity index (χ0n) is 11.9. The normalized spacial score (nSPS) is 12.3. The highest BCUT2D eigenvalue weighted by Crippen LogP contribution is 2.22. The summed E-state index contributed by atoms with van der Waals surface area (Å²) in [7, 11) is 1.64. The molecular weight excluding hydrogens is 262 g/mol. The molecule has 21 heavy (non-hydrogen) atoms. The Morgan fingerprint density at radius 2 is 1.86 bits per heavy atom. The molecule has 0 spiro atoms. The third-order valence-corrected chi connectivity index (χ3v) is 3.58. The first-order chi connectivity index (χ1) is 10.3. The third-order valence-electron chi connectivity index (χ3n) is 3.58. The number of nitrogens with zero attached hydrogens (tertiary/aromatic N) is 1. The number of pyridine rings is 1. The number of aliphatic hydroxyl groups is 1. The molecule has 3 heteroatoms. The lowest BCUT2D eigenvalue weighted by molar-refractivity contribution is 0.178. The minimum absolute atomic E-state index is 0.560. The molecule has 0 aliphatic carbocycles. The van der Waals surface area contributed by atoms with E-state index in [1.54, 1.807) is 13.3 Å². The van der Waals surface area contributed by atoms with E-state index < -0.39 is 6.10 Å². The van der Waals surface area contributed by atoms with Crippen molar-refractivity contribution in [3.63, 3.8) is 0 Å². The summed E-state index contributed by atoms with van der Waals surface area (Å²) < 4.78 is 5.13. The van der Waals surface area contributed by atoms with E-state index in [0.29, 0.717) is 6.42 Å². The standard InChI is InChI=1S/C18H17NO2/c1-21-16-8-6-13(7-9-16)10-18(20)15-11-14-4-2-3-5-17(14)19-12-15/h2-9,11-12,18,20H,10H2,1H3. The molecule has 0 aliphatic heterocycles. The molecular formula is C18H17NO2. The lowest BCUT2D eigenvalue weighted by Crippen LogP contribution is -2.02. The van der Waals surface area contributed by atoms with E-state index in [1.165, 1.54) is 0 Å². The van der Waals surface area contributed by atoms with Crippen molar-refractivity contribution in [2.24, 2.45) is 0 Å². The van der Waals surface area contributed by atoms with Gasteiger partial charge in [0.05, 0.1) is 18.7 Å². The smallest absolute Gasteiger partial charge is 0.118 e. The van der Waals surface area contributed by atoms with E-state index in [-0.39, 0.29) is 0 Å². The van der Waals surface area contributed by atoms with E-state index >= 15 is 0 Å². The number of methoxy groups -OCH3 is 1. The number of fused-ring (bicyclic) bond motifs is 1. The summed E-state index contributed by atoms with van der Waals surface area (Å²) in [5, 5.41) is 11.4. The number of hydrogen-bond acceptors (Lipinski definition) is 3. The molecule has 2 aromatic carbocycles. The second kappa shape index (κ2) is 5.94. The van der Waals surface area contributed by atoms with Crippen molar-refractivity contribution in [3.8, 4) is 5.75 Å². The molecule has 3 rings (SSSR count). The predicted molar refractivity (Wildman–Crippen MR) is 83.4 cm³/mol. The fourth-order valence-electron chi connectivity index (χ4n) is 2.37. The van der Waals surface area contributed by atoms with Gasteiger partial charge in [-0.25, -0.2) is 0 Å². The van der Waals surface area contributed by atoms with Crippen LogP contribution in [0.15, 0.2) is 60.8 Å². The Morgan fingerprint density at radius 1 is 1.10 bits per heavy atom. The minimum atomic E-state index is -0.560. The lowest BCUT2D eigenvalue weighted by Gasteiger charge is -2.12. The Kier molecular flexibility index (Phi) is 3.84. The van der Waals surface area contributed by atoms with Crippen LogP contribution in [0.4, 0.5) is 0 Å². The molecule has 3 nitrogen and oxygen atoms in total. The Hall–Kier alpha value is -2.39. The van der Waals surface area contributed by atoms with Crippen molar-refractivity contribution < 1.29 is 9.84 Å². The molecule has 0 fully saturated rings. The van der Waals surface area contributed by atoms with Crippen LogP contribution in [0.3, 0.4) is 0 Å². The van der Waals surface area contributed by atoms with Crippen LogP contribution in [0, 0.1) is 0 Å². The molecule has 1 heterocycles. The Bertz CT molecular complexity index is 738. The first-order valence-electron chi connectivity index (χ1n) is 6.92. The zero-order chi connectivity index (χ0) is 14.7. The Labute approximate surface area is 123 Å². The van der Waals surface area contributed by atoms with Gasteiger partial charge in [0, 0.05) is 18.0 Å². The SMILES string of the molecule is COc1ccc(CC(O)c2cnc3ccccc3c2)cc1. The van der Waals surface area contributed by atoms with Crippen LogP contribution in [0.1, 0.15) is 17.2 Å². The largest absolute Gasteiger partial charge is 0.497 e. The molecule has 106 valence electrons. The van der Waals surface area contributed by atoms with Gasteiger partial charge in [0.25, 0.3) is 0 Å². The van der Waals surface area contributed by atoms with Crippen molar-refractivity contribution in [1.29, 1.82) is 0 Å². The third kappa shape index (κ3) is 3.03. The van der Waals surface area contributed by atoms with E-state index in [4.69, 9.17) is 4.74 Å². The van der Waals surface area contributed by atoms with Gasteiger partial charge in [-0.15, -0.1) is 0 Å². The van der Waals surface area contributed by atoms with E-state index in [0.717, 1.165) is 27.8 Å².